The van der Waals surface area contributed by atoms with E-state index in [1.807, 2.05) is 31.2 Å². The van der Waals surface area contributed by atoms with Crippen molar-refractivity contribution in [3.8, 4) is 5.75 Å². The number of hydrogen-bond donors (Lipinski definition) is 3. The maximum atomic E-state index is 11.7. The molecule has 0 unspecified atom stereocenters. The van der Waals surface area contributed by atoms with E-state index in [4.69, 9.17) is 4.74 Å². The molecule has 0 radical (unpaired) electrons. The van der Waals surface area contributed by atoms with Gasteiger partial charge in [0, 0.05) is 31.6 Å². The first-order valence-corrected chi connectivity index (χ1v) is 10.8. The van der Waals surface area contributed by atoms with Crippen molar-refractivity contribution < 1.29 is 9.53 Å². The van der Waals surface area contributed by atoms with Gasteiger partial charge in [-0.15, -0.1) is 0 Å². The van der Waals surface area contributed by atoms with Crippen LogP contribution in [0.4, 0.5) is 5.69 Å². The van der Waals surface area contributed by atoms with E-state index < -0.39 is 0 Å². The Morgan fingerprint density at radius 3 is 2.63 bits per heavy atom. The van der Waals surface area contributed by atoms with Crippen LogP contribution in [0.3, 0.4) is 0 Å². The molecular formula is C24H32N4O2. The lowest BCUT2D eigenvalue weighted by Crippen LogP contribution is -2.38. The number of hydrogen-bond acceptors (Lipinski definition) is 3. The minimum atomic E-state index is 0.0535. The van der Waals surface area contributed by atoms with E-state index >= 15 is 0 Å². The van der Waals surface area contributed by atoms with Crippen molar-refractivity contribution in [1.29, 1.82) is 0 Å². The predicted molar refractivity (Wildman–Crippen MR) is 122 cm³/mol. The molecule has 1 heterocycles. The van der Waals surface area contributed by atoms with Gasteiger partial charge in [0.1, 0.15) is 5.75 Å². The van der Waals surface area contributed by atoms with Gasteiger partial charge in [-0.25, -0.2) is 4.99 Å². The molecule has 1 aliphatic rings. The first kappa shape index (κ1) is 21.7. The third kappa shape index (κ3) is 6.51. The first-order chi connectivity index (χ1) is 14.7. The van der Waals surface area contributed by atoms with Crippen molar-refractivity contribution in [2.24, 2.45) is 4.99 Å². The van der Waals surface area contributed by atoms with Crippen molar-refractivity contribution in [1.82, 2.24) is 10.6 Å². The molecule has 3 N–H and O–H groups in total. The molecule has 0 aromatic heterocycles. The highest BCUT2D eigenvalue weighted by Gasteiger charge is 2.11. The molecule has 0 aliphatic carbocycles. The number of carbonyl (C=O) groups is 1. The number of ether oxygens (including phenoxy) is 1. The zero-order valence-corrected chi connectivity index (χ0v) is 18.0. The van der Waals surface area contributed by atoms with Gasteiger partial charge in [0.05, 0.1) is 13.2 Å². The summed E-state index contributed by atoms with van der Waals surface area (Å²) in [6.45, 7) is 7.05. The van der Waals surface area contributed by atoms with Crippen LogP contribution in [0, 0.1) is 0 Å². The zero-order chi connectivity index (χ0) is 21.2. The summed E-state index contributed by atoms with van der Waals surface area (Å²) in [5.74, 6) is 1.89. The molecule has 0 bridgehead atoms. The van der Waals surface area contributed by atoms with Gasteiger partial charge in [0.2, 0.25) is 5.91 Å². The largest absolute Gasteiger partial charge is 0.493 e. The second-order valence-electron chi connectivity index (χ2n) is 7.41. The molecule has 2 aromatic rings. The lowest BCUT2D eigenvalue weighted by atomic mass is 10.1. The Labute approximate surface area is 179 Å². The number of rotatable bonds is 9. The van der Waals surface area contributed by atoms with Gasteiger partial charge in [-0.2, -0.15) is 0 Å². The van der Waals surface area contributed by atoms with Gasteiger partial charge < -0.3 is 20.7 Å². The Bertz CT molecular complexity index is 862. The number of fused-ring (bicyclic) bond motifs is 1. The molecule has 2 aromatic carbocycles. The number of guanidine groups is 1. The number of nitrogens with one attached hydrogen (secondary N) is 3. The number of amides is 1. The number of nitrogens with zero attached hydrogens (tertiary/aromatic N) is 1. The lowest BCUT2D eigenvalue weighted by Gasteiger charge is -2.12. The van der Waals surface area contributed by atoms with Gasteiger partial charge >= 0.3 is 0 Å². The highest BCUT2D eigenvalue weighted by atomic mass is 16.5. The van der Waals surface area contributed by atoms with Crippen LogP contribution in [-0.2, 0) is 24.2 Å². The molecule has 0 saturated heterocycles. The molecule has 6 heteroatoms. The van der Waals surface area contributed by atoms with E-state index in [-0.39, 0.29) is 5.91 Å². The zero-order valence-electron chi connectivity index (χ0n) is 18.0. The molecule has 1 aliphatic heterocycles. The fourth-order valence-electron chi connectivity index (χ4n) is 3.38. The van der Waals surface area contributed by atoms with E-state index in [1.54, 1.807) is 0 Å². The molecule has 30 heavy (non-hydrogen) atoms. The summed E-state index contributed by atoms with van der Waals surface area (Å²) in [4.78, 5) is 16.4. The second-order valence-corrected chi connectivity index (χ2v) is 7.41. The smallest absolute Gasteiger partial charge is 0.224 e. The van der Waals surface area contributed by atoms with Crippen LogP contribution in [0.2, 0.25) is 0 Å². The van der Waals surface area contributed by atoms with E-state index in [0.29, 0.717) is 13.0 Å². The number of aliphatic imine (C=N–C) groups is 1. The predicted octanol–water partition coefficient (Wildman–Crippen LogP) is 3.66. The fourth-order valence-corrected chi connectivity index (χ4v) is 3.38. The van der Waals surface area contributed by atoms with Crippen molar-refractivity contribution in [3.63, 3.8) is 0 Å². The SMILES string of the molecule is CCCC(=O)Nc1ccc(CN=C(NCC)NCCc2ccc3c(c2)CCO3)cc1. The number of anilines is 1. The molecule has 6 nitrogen and oxygen atoms in total. The highest BCUT2D eigenvalue weighted by Crippen LogP contribution is 2.25. The van der Waals surface area contributed by atoms with Crippen LogP contribution >= 0.6 is 0 Å². The van der Waals surface area contributed by atoms with Crippen molar-refractivity contribution in [2.75, 3.05) is 25.0 Å². The average molecular weight is 409 g/mol. The summed E-state index contributed by atoms with van der Waals surface area (Å²) in [6.07, 6.45) is 3.33. The van der Waals surface area contributed by atoms with Crippen LogP contribution in [0.15, 0.2) is 47.5 Å². The van der Waals surface area contributed by atoms with E-state index in [0.717, 1.165) is 61.9 Å². The second kappa shape index (κ2) is 11.2. The first-order valence-electron chi connectivity index (χ1n) is 10.8. The lowest BCUT2D eigenvalue weighted by molar-refractivity contribution is -0.116. The van der Waals surface area contributed by atoms with Gasteiger partial charge in [-0.1, -0.05) is 31.2 Å². The minimum absolute atomic E-state index is 0.0535. The fraction of sp³-hybridized carbons (Fsp3) is 0.417. The van der Waals surface area contributed by atoms with E-state index in [9.17, 15) is 4.79 Å². The van der Waals surface area contributed by atoms with Gasteiger partial charge in [-0.05, 0) is 54.7 Å². The van der Waals surface area contributed by atoms with Gasteiger partial charge in [-0.3, -0.25) is 4.79 Å². The summed E-state index contributed by atoms with van der Waals surface area (Å²) in [5.41, 5.74) is 4.54. The molecule has 160 valence electrons. The van der Waals surface area contributed by atoms with Crippen molar-refractivity contribution in [3.05, 3.63) is 59.2 Å². The van der Waals surface area contributed by atoms with Crippen molar-refractivity contribution >= 4 is 17.6 Å². The maximum Gasteiger partial charge on any atom is 0.224 e. The van der Waals surface area contributed by atoms with Crippen LogP contribution in [0.25, 0.3) is 0 Å². The molecule has 3 rings (SSSR count). The average Bonchev–Trinajstić information content (AvgIpc) is 3.21. The molecule has 1 amide bonds. The maximum absolute atomic E-state index is 11.7. The van der Waals surface area contributed by atoms with Crippen LogP contribution in [-0.4, -0.2) is 31.6 Å². The Hall–Kier alpha value is -3.02. The summed E-state index contributed by atoms with van der Waals surface area (Å²) in [5, 5.41) is 9.61. The summed E-state index contributed by atoms with van der Waals surface area (Å²) in [6, 6.07) is 14.3. The van der Waals surface area contributed by atoms with Crippen LogP contribution in [0.1, 0.15) is 43.4 Å². The van der Waals surface area contributed by atoms with Crippen molar-refractivity contribution in [2.45, 2.75) is 46.1 Å². The van der Waals surface area contributed by atoms with E-state index in [1.165, 1.54) is 11.1 Å². The van der Waals surface area contributed by atoms with Gasteiger partial charge in [0.15, 0.2) is 5.96 Å². The van der Waals surface area contributed by atoms with E-state index in [2.05, 4.69) is 46.1 Å². The standard InChI is InChI=1S/C24H32N4O2/c1-3-5-23(29)28-21-9-6-19(7-10-21)17-27-24(25-4-2)26-14-12-18-8-11-22-20(16-18)13-15-30-22/h6-11,16H,3-5,12-15,17H2,1-2H3,(H,28,29)(H2,25,26,27). The molecule has 0 atom stereocenters. The van der Waals surface area contributed by atoms with Crippen LogP contribution < -0.4 is 20.7 Å². The Morgan fingerprint density at radius 1 is 1.07 bits per heavy atom. The quantitative estimate of drug-likeness (QED) is 0.437. The summed E-state index contributed by atoms with van der Waals surface area (Å²) < 4.78 is 5.57. The van der Waals surface area contributed by atoms with Crippen LogP contribution in [0.5, 0.6) is 5.75 Å². The molecule has 0 spiro atoms. The Balaban J connectivity index is 1.49. The third-order valence-electron chi connectivity index (χ3n) is 4.94. The third-order valence-corrected chi connectivity index (χ3v) is 4.94. The number of carbonyl (C=O) groups excluding carboxylic acids is 1. The van der Waals surface area contributed by atoms with Gasteiger partial charge in [0.25, 0.3) is 0 Å². The Kier molecular flexibility index (Phi) is 8.12. The highest BCUT2D eigenvalue weighted by molar-refractivity contribution is 5.90. The summed E-state index contributed by atoms with van der Waals surface area (Å²) >= 11 is 0. The minimum Gasteiger partial charge on any atom is -0.493 e. The molecular weight excluding hydrogens is 376 g/mol. The monoisotopic (exact) mass is 408 g/mol. The molecule has 0 saturated carbocycles. The number of benzene rings is 2. The topological polar surface area (TPSA) is 74.8 Å². The normalized spacial score (nSPS) is 12.8. The summed E-state index contributed by atoms with van der Waals surface area (Å²) in [7, 11) is 0. The molecule has 0 fully saturated rings. The Morgan fingerprint density at radius 2 is 1.87 bits per heavy atom.